The van der Waals surface area contributed by atoms with Crippen molar-refractivity contribution in [3.63, 3.8) is 0 Å². The second-order valence-electron chi connectivity index (χ2n) is 4.93. The van der Waals surface area contributed by atoms with Crippen LogP contribution in [0.2, 0.25) is 0 Å². The molecule has 0 radical (unpaired) electrons. The lowest BCUT2D eigenvalue weighted by Gasteiger charge is -2.18. The van der Waals surface area contributed by atoms with Gasteiger partial charge in [0.25, 0.3) is 5.91 Å². The van der Waals surface area contributed by atoms with Crippen molar-refractivity contribution in [1.82, 2.24) is 5.32 Å². The minimum atomic E-state index is -4.48. The summed E-state index contributed by atoms with van der Waals surface area (Å²) < 4.78 is 38.7. The Morgan fingerprint density at radius 1 is 1.25 bits per heavy atom. The first-order valence-corrected chi connectivity index (χ1v) is 6.62. The van der Waals surface area contributed by atoms with Gasteiger partial charge in [-0.3, -0.25) is 4.79 Å². The maximum atomic E-state index is 12.9. The SMILES string of the molecule is CNc1c(C(=O)NC2CCCC2)cccc1C(F)(F)F. The minimum Gasteiger partial charge on any atom is -0.387 e. The number of nitrogens with one attached hydrogen (secondary N) is 2. The predicted octanol–water partition coefficient (Wildman–Crippen LogP) is 3.42. The zero-order valence-corrected chi connectivity index (χ0v) is 11.2. The van der Waals surface area contributed by atoms with Crippen LogP contribution in [0.15, 0.2) is 18.2 Å². The van der Waals surface area contributed by atoms with E-state index in [0.717, 1.165) is 31.7 Å². The minimum absolute atomic E-state index is 0.0363. The number of benzene rings is 1. The number of para-hydroxylation sites is 1. The van der Waals surface area contributed by atoms with Gasteiger partial charge in [-0.15, -0.1) is 0 Å². The number of halogens is 3. The molecule has 0 atom stereocenters. The van der Waals surface area contributed by atoms with Crippen LogP contribution in [0.4, 0.5) is 18.9 Å². The number of alkyl halides is 3. The van der Waals surface area contributed by atoms with Gasteiger partial charge in [0, 0.05) is 13.1 Å². The number of rotatable bonds is 3. The molecule has 2 N–H and O–H groups in total. The summed E-state index contributed by atoms with van der Waals surface area (Å²) in [5.41, 5.74) is -0.955. The highest BCUT2D eigenvalue weighted by atomic mass is 19.4. The highest BCUT2D eigenvalue weighted by Gasteiger charge is 2.35. The molecule has 110 valence electrons. The van der Waals surface area contributed by atoms with Crippen molar-refractivity contribution in [3.05, 3.63) is 29.3 Å². The number of carbonyl (C=O) groups excluding carboxylic acids is 1. The third-order valence-corrected chi connectivity index (χ3v) is 3.55. The molecule has 6 heteroatoms. The molecular weight excluding hydrogens is 269 g/mol. The van der Waals surface area contributed by atoms with Crippen LogP contribution in [0.3, 0.4) is 0 Å². The van der Waals surface area contributed by atoms with Crippen molar-refractivity contribution in [2.75, 3.05) is 12.4 Å². The summed E-state index contributed by atoms with van der Waals surface area (Å²) in [5, 5.41) is 5.30. The lowest BCUT2D eigenvalue weighted by atomic mass is 10.1. The van der Waals surface area contributed by atoms with Crippen LogP contribution in [-0.4, -0.2) is 19.0 Å². The van der Waals surface area contributed by atoms with Gasteiger partial charge >= 0.3 is 6.18 Å². The van der Waals surface area contributed by atoms with Gasteiger partial charge < -0.3 is 10.6 Å². The highest BCUT2D eigenvalue weighted by Crippen LogP contribution is 2.36. The maximum Gasteiger partial charge on any atom is 0.418 e. The van der Waals surface area contributed by atoms with Gasteiger partial charge in [-0.25, -0.2) is 0 Å². The number of anilines is 1. The smallest absolute Gasteiger partial charge is 0.387 e. The highest BCUT2D eigenvalue weighted by molar-refractivity contribution is 6.00. The molecular formula is C14H17F3N2O. The van der Waals surface area contributed by atoms with E-state index >= 15 is 0 Å². The quantitative estimate of drug-likeness (QED) is 0.894. The molecule has 0 unspecified atom stereocenters. The Morgan fingerprint density at radius 2 is 1.90 bits per heavy atom. The zero-order valence-electron chi connectivity index (χ0n) is 11.2. The number of amides is 1. The maximum absolute atomic E-state index is 12.9. The molecule has 1 aromatic carbocycles. The Labute approximate surface area is 115 Å². The Kier molecular flexibility index (Phi) is 4.20. The summed E-state index contributed by atoms with van der Waals surface area (Å²) >= 11 is 0. The van der Waals surface area contributed by atoms with E-state index in [0.29, 0.717) is 0 Å². The van der Waals surface area contributed by atoms with Gasteiger partial charge in [-0.2, -0.15) is 13.2 Å². The van der Waals surface area contributed by atoms with Crippen molar-refractivity contribution >= 4 is 11.6 Å². The van der Waals surface area contributed by atoms with Crippen LogP contribution in [0.1, 0.15) is 41.6 Å². The molecule has 2 rings (SSSR count). The monoisotopic (exact) mass is 286 g/mol. The first kappa shape index (κ1) is 14.7. The molecule has 0 aliphatic heterocycles. The molecule has 0 aromatic heterocycles. The van der Waals surface area contributed by atoms with Gasteiger partial charge in [0.05, 0.1) is 16.8 Å². The van der Waals surface area contributed by atoms with Gasteiger partial charge in [0.2, 0.25) is 0 Å². The molecule has 1 amide bonds. The van der Waals surface area contributed by atoms with E-state index < -0.39 is 17.6 Å². The van der Waals surface area contributed by atoms with Crippen LogP contribution in [-0.2, 0) is 6.18 Å². The fraction of sp³-hybridized carbons (Fsp3) is 0.500. The number of carbonyl (C=O) groups is 1. The van der Waals surface area contributed by atoms with E-state index in [2.05, 4.69) is 10.6 Å². The van der Waals surface area contributed by atoms with Crippen LogP contribution in [0.25, 0.3) is 0 Å². The third-order valence-electron chi connectivity index (χ3n) is 3.55. The number of hydrogen-bond acceptors (Lipinski definition) is 2. The second kappa shape index (κ2) is 5.73. The van der Waals surface area contributed by atoms with E-state index in [9.17, 15) is 18.0 Å². The molecule has 1 saturated carbocycles. The summed E-state index contributed by atoms with van der Waals surface area (Å²) in [5.74, 6) is -0.452. The van der Waals surface area contributed by atoms with E-state index in [1.165, 1.54) is 19.2 Å². The molecule has 1 fully saturated rings. The molecule has 0 saturated heterocycles. The summed E-state index contributed by atoms with van der Waals surface area (Å²) in [4.78, 5) is 12.1. The van der Waals surface area contributed by atoms with E-state index in [1.807, 2.05) is 0 Å². The summed E-state index contributed by atoms with van der Waals surface area (Å²) in [7, 11) is 1.39. The fourth-order valence-corrected chi connectivity index (χ4v) is 2.58. The first-order valence-electron chi connectivity index (χ1n) is 6.62. The van der Waals surface area contributed by atoms with Crippen LogP contribution >= 0.6 is 0 Å². The Bertz CT molecular complexity index is 494. The van der Waals surface area contributed by atoms with Gasteiger partial charge in [-0.1, -0.05) is 18.9 Å². The standard InChI is InChI=1S/C14H17F3N2O/c1-18-12-10(7-4-8-11(12)14(15,16)17)13(20)19-9-5-2-3-6-9/h4,7-9,18H,2-3,5-6H2,1H3,(H,19,20). The Balaban J connectivity index is 2.28. The Morgan fingerprint density at radius 3 is 2.45 bits per heavy atom. The van der Waals surface area contributed by atoms with Gasteiger partial charge in [-0.05, 0) is 25.0 Å². The second-order valence-corrected chi connectivity index (χ2v) is 4.93. The topological polar surface area (TPSA) is 41.1 Å². The molecule has 3 nitrogen and oxygen atoms in total. The largest absolute Gasteiger partial charge is 0.418 e. The van der Waals surface area contributed by atoms with Crippen LogP contribution in [0.5, 0.6) is 0 Å². The van der Waals surface area contributed by atoms with Crippen molar-refractivity contribution in [2.24, 2.45) is 0 Å². The fourth-order valence-electron chi connectivity index (χ4n) is 2.58. The van der Waals surface area contributed by atoms with E-state index in [1.54, 1.807) is 0 Å². The van der Waals surface area contributed by atoms with Crippen molar-refractivity contribution in [2.45, 2.75) is 37.9 Å². The van der Waals surface area contributed by atoms with Gasteiger partial charge in [0.1, 0.15) is 0 Å². The average Bonchev–Trinajstić information content (AvgIpc) is 2.89. The normalized spacial score (nSPS) is 16.2. The summed E-state index contributed by atoms with van der Waals surface area (Å²) in [6.45, 7) is 0. The first-order chi connectivity index (χ1) is 9.43. The van der Waals surface area contributed by atoms with Crippen molar-refractivity contribution in [1.29, 1.82) is 0 Å². The molecule has 1 aliphatic rings. The van der Waals surface area contributed by atoms with Crippen LogP contribution < -0.4 is 10.6 Å². The average molecular weight is 286 g/mol. The Hall–Kier alpha value is -1.72. The predicted molar refractivity (Wildman–Crippen MR) is 70.7 cm³/mol. The van der Waals surface area contributed by atoms with E-state index in [4.69, 9.17) is 0 Å². The molecule has 20 heavy (non-hydrogen) atoms. The van der Waals surface area contributed by atoms with Crippen molar-refractivity contribution < 1.29 is 18.0 Å². The van der Waals surface area contributed by atoms with E-state index in [-0.39, 0.29) is 17.3 Å². The molecule has 0 heterocycles. The summed E-state index contributed by atoms with van der Waals surface area (Å²) in [6, 6.07) is 3.71. The van der Waals surface area contributed by atoms with Gasteiger partial charge in [0.15, 0.2) is 0 Å². The third kappa shape index (κ3) is 3.05. The zero-order chi connectivity index (χ0) is 14.8. The molecule has 0 bridgehead atoms. The van der Waals surface area contributed by atoms with Crippen LogP contribution in [0, 0.1) is 0 Å². The lowest BCUT2D eigenvalue weighted by Crippen LogP contribution is -2.33. The van der Waals surface area contributed by atoms with Crippen molar-refractivity contribution in [3.8, 4) is 0 Å². The molecule has 0 spiro atoms. The molecule has 1 aromatic rings. The summed E-state index contributed by atoms with van der Waals surface area (Å²) in [6.07, 6.45) is -0.611. The number of hydrogen-bond donors (Lipinski definition) is 2. The molecule has 1 aliphatic carbocycles. The lowest BCUT2D eigenvalue weighted by molar-refractivity contribution is -0.136.